The highest BCUT2D eigenvalue weighted by atomic mass is 16.1. The maximum absolute atomic E-state index is 12.2. The normalized spacial score (nSPS) is 14.8. The van der Waals surface area contributed by atoms with Gasteiger partial charge < -0.3 is 5.73 Å². The van der Waals surface area contributed by atoms with Gasteiger partial charge in [-0.25, -0.2) is 4.98 Å². The minimum Gasteiger partial charge on any atom is -0.369 e. The number of aromatic nitrogens is 1. The van der Waals surface area contributed by atoms with Gasteiger partial charge in [-0.15, -0.1) is 0 Å². The minimum atomic E-state index is -0.401. The summed E-state index contributed by atoms with van der Waals surface area (Å²) in [5.74, 6) is -0.721. The number of hydrogen-bond acceptors (Lipinski definition) is 2. The maximum Gasteiger partial charge on any atom is 0.229 e. The summed E-state index contributed by atoms with van der Waals surface area (Å²) >= 11 is 0. The second kappa shape index (κ2) is 5.53. The molecule has 1 aliphatic carbocycles. The van der Waals surface area contributed by atoms with Crippen molar-refractivity contribution in [2.45, 2.75) is 5.92 Å². The van der Waals surface area contributed by atoms with E-state index in [1.165, 1.54) is 0 Å². The van der Waals surface area contributed by atoms with Gasteiger partial charge in [0.1, 0.15) is 0 Å². The van der Waals surface area contributed by atoms with Crippen molar-refractivity contribution in [3.63, 3.8) is 0 Å². The first-order valence-electron chi connectivity index (χ1n) is 8.62. The molecule has 0 radical (unpaired) electrons. The first-order valence-corrected chi connectivity index (χ1v) is 8.62. The quantitative estimate of drug-likeness (QED) is 0.586. The Kier molecular flexibility index (Phi) is 3.16. The number of hydrogen-bond donors (Lipinski definition) is 1. The molecule has 1 atom stereocenters. The average molecular weight is 336 g/mol. The number of pyridine rings is 1. The lowest BCUT2D eigenvalue weighted by atomic mass is 9.94. The molecule has 0 spiro atoms. The zero-order chi connectivity index (χ0) is 17.7. The molecule has 4 aromatic rings. The van der Waals surface area contributed by atoms with E-state index in [2.05, 4.69) is 24.3 Å². The van der Waals surface area contributed by atoms with Gasteiger partial charge in [0.2, 0.25) is 5.91 Å². The standard InChI is InChI=1S/C23H16N2O/c24-23(26)22-16-8-3-2-7-15(16)21-17(9-5-10-18(21)22)20-13-12-14-6-1-4-11-19(14)25-20/h1-13,22H,(H2,24,26). The molecule has 0 aliphatic heterocycles. The summed E-state index contributed by atoms with van der Waals surface area (Å²) < 4.78 is 0. The van der Waals surface area contributed by atoms with Gasteiger partial charge in [0.05, 0.1) is 17.1 Å². The summed E-state index contributed by atoms with van der Waals surface area (Å²) in [6, 6.07) is 26.2. The van der Waals surface area contributed by atoms with Gasteiger partial charge in [0.15, 0.2) is 0 Å². The molecule has 1 aromatic heterocycles. The van der Waals surface area contributed by atoms with Gasteiger partial charge in [0.25, 0.3) is 0 Å². The van der Waals surface area contributed by atoms with Crippen molar-refractivity contribution >= 4 is 16.8 Å². The molecule has 3 aromatic carbocycles. The molecule has 3 nitrogen and oxygen atoms in total. The summed E-state index contributed by atoms with van der Waals surface area (Å²) in [5, 5.41) is 1.11. The van der Waals surface area contributed by atoms with Crippen LogP contribution in [0.1, 0.15) is 17.0 Å². The Balaban J connectivity index is 1.80. The minimum absolute atomic E-state index is 0.320. The van der Waals surface area contributed by atoms with Crippen LogP contribution >= 0.6 is 0 Å². The van der Waals surface area contributed by atoms with Crippen LogP contribution in [-0.2, 0) is 4.79 Å². The fraction of sp³-hybridized carbons (Fsp3) is 0.0435. The Morgan fingerprint density at radius 2 is 1.50 bits per heavy atom. The molecule has 26 heavy (non-hydrogen) atoms. The number of nitrogens with two attached hydrogens (primary N) is 1. The largest absolute Gasteiger partial charge is 0.369 e. The zero-order valence-electron chi connectivity index (χ0n) is 14.0. The lowest BCUT2D eigenvalue weighted by molar-refractivity contribution is -0.118. The summed E-state index contributed by atoms with van der Waals surface area (Å²) in [6.07, 6.45) is 0. The van der Waals surface area contributed by atoms with Crippen LogP contribution in [0.3, 0.4) is 0 Å². The highest BCUT2D eigenvalue weighted by molar-refractivity contribution is 6.00. The number of fused-ring (bicyclic) bond motifs is 4. The van der Waals surface area contributed by atoms with Crippen LogP contribution in [0.4, 0.5) is 0 Å². The van der Waals surface area contributed by atoms with Gasteiger partial charge in [-0.2, -0.15) is 0 Å². The predicted octanol–water partition coefficient (Wildman–Crippen LogP) is 4.50. The fourth-order valence-corrected chi connectivity index (χ4v) is 3.99. The Morgan fingerprint density at radius 1 is 0.769 bits per heavy atom. The fourth-order valence-electron chi connectivity index (χ4n) is 3.99. The SMILES string of the molecule is NC(=O)C1c2ccccc2-c2c(-c3ccc4ccccc4n3)cccc21. The van der Waals surface area contributed by atoms with Crippen LogP contribution < -0.4 is 5.73 Å². The molecule has 1 amide bonds. The van der Waals surface area contributed by atoms with Gasteiger partial charge >= 0.3 is 0 Å². The van der Waals surface area contributed by atoms with E-state index in [-0.39, 0.29) is 5.91 Å². The Bertz CT molecular complexity index is 1180. The molecule has 0 saturated carbocycles. The molecule has 1 aliphatic rings. The molecule has 2 N–H and O–H groups in total. The highest BCUT2D eigenvalue weighted by Crippen LogP contribution is 2.48. The monoisotopic (exact) mass is 336 g/mol. The number of para-hydroxylation sites is 1. The Morgan fingerprint density at radius 3 is 2.38 bits per heavy atom. The van der Waals surface area contributed by atoms with E-state index in [1.807, 2.05) is 54.6 Å². The van der Waals surface area contributed by atoms with Crippen LogP contribution in [0, 0.1) is 0 Å². The molecular weight excluding hydrogens is 320 g/mol. The number of carbonyl (C=O) groups excluding carboxylic acids is 1. The molecule has 0 fully saturated rings. The molecule has 0 bridgehead atoms. The Hall–Kier alpha value is -3.46. The molecule has 1 heterocycles. The lowest BCUT2D eigenvalue weighted by Crippen LogP contribution is -2.20. The van der Waals surface area contributed by atoms with Crippen LogP contribution in [0.5, 0.6) is 0 Å². The maximum atomic E-state index is 12.2. The van der Waals surface area contributed by atoms with E-state index in [1.54, 1.807) is 0 Å². The third-order valence-electron chi connectivity index (χ3n) is 5.11. The van der Waals surface area contributed by atoms with Crippen molar-refractivity contribution < 1.29 is 4.79 Å². The van der Waals surface area contributed by atoms with Crippen molar-refractivity contribution in [1.29, 1.82) is 0 Å². The van der Waals surface area contributed by atoms with Gasteiger partial charge in [-0.1, -0.05) is 66.7 Å². The summed E-state index contributed by atoms with van der Waals surface area (Å²) in [5.41, 5.74) is 12.7. The van der Waals surface area contributed by atoms with E-state index < -0.39 is 5.92 Å². The van der Waals surface area contributed by atoms with Crippen LogP contribution in [0.25, 0.3) is 33.3 Å². The highest BCUT2D eigenvalue weighted by Gasteiger charge is 2.34. The van der Waals surface area contributed by atoms with E-state index in [9.17, 15) is 4.79 Å². The van der Waals surface area contributed by atoms with Crippen molar-refractivity contribution in [2.75, 3.05) is 0 Å². The number of primary amides is 1. The van der Waals surface area contributed by atoms with Gasteiger partial charge in [0, 0.05) is 10.9 Å². The second-order valence-corrected chi connectivity index (χ2v) is 6.58. The van der Waals surface area contributed by atoms with Crippen molar-refractivity contribution in [3.8, 4) is 22.4 Å². The molecular formula is C23H16N2O. The van der Waals surface area contributed by atoms with E-state index in [0.717, 1.165) is 44.4 Å². The molecule has 3 heteroatoms. The molecule has 124 valence electrons. The number of amides is 1. The summed E-state index contributed by atoms with van der Waals surface area (Å²) in [4.78, 5) is 17.0. The molecule has 5 rings (SSSR count). The van der Waals surface area contributed by atoms with Crippen LogP contribution in [-0.4, -0.2) is 10.9 Å². The molecule has 0 saturated heterocycles. The van der Waals surface area contributed by atoms with E-state index in [4.69, 9.17) is 10.7 Å². The topological polar surface area (TPSA) is 56.0 Å². The van der Waals surface area contributed by atoms with Crippen molar-refractivity contribution in [1.82, 2.24) is 4.98 Å². The van der Waals surface area contributed by atoms with Gasteiger partial charge in [-0.05, 0) is 34.4 Å². The molecule has 1 unspecified atom stereocenters. The third kappa shape index (κ3) is 2.07. The number of rotatable bonds is 2. The lowest BCUT2D eigenvalue weighted by Gasteiger charge is -2.11. The van der Waals surface area contributed by atoms with Gasteiger partial charge in [-0.3, -0.25) is 4.79 Å². The van der Waals surface area contributed by atoms with E-state index >= 15 is 0 Å². The summed E-state index contributed by atoms with van der Waals surface area (Å²) in [6.45, 7) is 0. The number of benzene rings is 3. The second-order valence-electron chi connectivity index (χ2n) is 6.58. The van der Waals surface area contributed by atoms with E-state index in [0.29, 0.717) is 0 Å². The first-order chi connectivity index (χ1) is 12.7. The first kappa shape index (κ1) is 14.8. The smallest absolute Gasteiger partial charge is 0.229 e. The third-order valence-corrected chi connectivity index (χ3v) is 5.11. The number of carbonyl (C=O) groups is 1. The zero-order valence-corrected chi connectivity index (χ0v) is 14.0. The summed E-state index contributed by atoms with van der Waals surface area (Å²) in [7, 11) is 0. The van der Waals surface area contributed by atoms with Crippen molar-refractivity contribution in [2.24, 2.45) is 5.73 Å². The van der Waals surface area contributed by atoms with Crippen molar-refractivity contribution in [3.05, 3.63) is 90.0 Å². The average Bonchev–Trinajstić information content (AvgIpc) is 3.02. The number of nitrogens with zero attached hydrogens (tertiary/aromatic N) is 1. The Labute approximate surface area is 151 Å². The van der Waals surface area contributed by atoms with Crippen LogP contribution in [0.15, 0.2) is 78.9 Å². The predicted molar refractivity (Wildman–Crippen MR) is 104 cm³/mol. The van der Waals surface area contributed by atoms with Crippen LogP contribution in [0.2, 0.25) is 0 Å².